The summed E-state index contributed by atoms with van der Waals surface area (Å²) >= 11 is 0. The van der Waals surface area contributed by atoms with Gasteiger partial charge in [-0.25, -0.2) is 4.39 Å². The molecule has 2 rings (SSSR count). The molecule has 0 unspecified atom stereocenters. The minimum atomic E-state index is -0.376. The lowest BCUT2D eigenvalue weighted by Gasteiger charge is -2.10. The number of methoxy groups -OCH3 is 1. The number of ether oxygens (including phenoxy) is 2. The van der Waals surface area contributed by atoms with E-state index in [4.69, 9.17) is 9.47 Å². The molecule has 104 valence electrons. The highest BCUT2D eigenvalue weighted by atomic mass is 19.1. The summed E-state index contributed by atoms with van der Waals surface area (Å²) in [6.07, 6.45) is 0.866. The first kappa shape index (κ1) is 14.1. The zero-order valence-electron chi connectivity index (χ0n) is 11.1. The lowest BCUT2D eigenvalue weighted by Crippen LogP contribution is -2.00. The zero-order valence-corrected chi connectivity index (χ0v) is 11.1. The van der Waals surface area contributed by atoms with Crippen molar-refractivity contribution in [1.82, 2.24) is 0 Å². The third-order valence-corrected chi connectivity index (χ3v) is 2.88. The molecule has 0 aliphatic heterocycles. The predicted molar refractivity (Wildman–Crippen MR) is 73.5 cm³/mol. The Balaban J connectivity index is 2.07. The van der Waals surface area contributed by atoms with Gasteiger partial charge in [0.2, 0.25) is 0 Å². The van der Waals surface area contributed by atoms with Crippen molar-refractivity contribution in [3.8, 4) is 11.5 Å². The molecule has 0 aliphatic rings. The first-order valence-corrected chi connectivity index (χ1v) is 6.20. The average Bonchev–Trinajstić information content (AvgIpc) is 2.47. The summed E-state index contributed by atoms with van der Waals surface area (Å²) in [4.78, 5) is 10.6. The van der Waals surface area contributed by atoms with E-state index in [0.717, 1.165) is 17.6 Å². The average molecular weight is 274 g/mol. The number of carbonyl (C=O) groups excluding carboxylic acids is 1. The monoisotopic (exact) mass is 274 g/mol. The second-order valence-corrected chi connectivity index (χ2v) is 4.26. The molecule has 0 aliphatic carbocycles. The molecular formula is C16H15FO3. The zero-order chi connectivity index (χ0) is 14.4. The lowest BCUT2D eigenvalue weighted by molar-refractivity contribution is -0.107. The van der Waals surface area contributed by atoms with E-state index < -0.39 is 0 Å². The van der Waals surface area contributed by atoms with Gasteiger partial charge in [-0.1, -0.05) is 12.1 Å². The van der Waals surface area contributed by atoms with E-state index in [9.17, 15) is 9.18 Å². The van der Waals surface area contributed by atoms with Crippen molar-refractivity contribution in [3.05, 3.63) is 59.4 Å². The molecule has 4 heteroatoms. The van der Waals surface area contributed by atoms with Crippen LogP contribution in [0.15, 0.2) is 42.5 Å². The molecule has 2 aromatic carbocycles. The number of aldehydes is 1. The van der Waals surface area contributed by atoms with Crippen molar-refractivity contribution in [2.75, 3.05) is 7.11 Å². The molecular weight excluding hydrogens is 259 g/mol. The van der Waals surface area contributed by atoms with Gasteiger partial charge in [-0.15, -0.1) is 0 Å². The van der Waals surface area contributed by atoms with E-state index >= 15 is 0 Å². The van der Waals surface area contributed by atoms with Gasteiger partial charge in [-0.3, -0.25) is 0 Å². The largest absolute Gasteiger partial charge is 0.497 e. The topological polar surface area (TPSA) is 35.5 Å². The number of hydrogen-bond donors (Lipinski definition) is 0. The third-order valence-electron chi connectivity index (χ3n) is 2.88. The normalized spacial score (nSPS) is 10.1. The van der Waals surface area contributed by atoms with Crippen LogP contribution in [-0.2, 0) is 17.8 Å². The summed E-state index contributed by atoms with van der Waals surface area (Å²) in [7, 11) is 1.61. The summed E-state index contributed by atoms with van der Waals surface area (Å²) < 4.78 is 23.8. The fourth-order valence-electron chi connectivity index (χ4n) is 1.82. The number of carbonyl (C=O) groups is 1. The van der Waals surface area contributed by atoms with Crippen LogP contribution in [0.2, 0.25) is 0 Å². The summed E-state index contributed by atoms with van der Waals surface area (Å²) in [6, 6.07) is 11.6. The Hall–Kier alpha value is -2.36. The maximum absolute atomic E-state index is 13.1. The van der Waals surface area contributed by atoms with E-state index in [1.165, 1.54) is 18.2 Å². The van der Waals surface area contributed by atoms with Gasteiger partial charge >= 0.3 is 0 Å². The van der Waals surface area contributed by atoms with Crippen LogP contribution in [0.1, 0.15) is 11.1 Å². The van der Waals surface area contributed by atoms with E-state index in [1.807, 2.05) is 24.3 Å². The second kappa shape index (κ2) is 6.70. The van der Waals surface area contributed by atoms with Crippen LogP contribution < -0.4 is 9.47 Å². The maximum Gasteiger partial charge on any atom is 0.124 e. The molecule has 0 radical (unpaired) electrons. The molecule has 2 aromatic rings. The van der Waals surface area contributed by atoms with E-state index in [2.05, 4.69) is 0 Å². The van der Waals surface area contributed by atoms with Crippen molar-refractivity contribution in [2.45, 2.75) is 13.0 Å². The Morgan fingerprint density at radius 2 is 1.90 bits per heavy atom. The van der Waals surface area contributed by atoms with Gasteiger partial charge in [0.15, 0.2) is 0 Å². The molecule has 20 heavy (non-hydrogen) atoms. The van der Waals surface area contributed by atoms with Crippen molar-refractivity contribution >= 4 is 6.29 Å². The lowest BCUT2D eigenvalue weighted by atomic mass is 10.1. The summed E-state index contributed by atoms with van der Waals surface area (Å²) in [5, 5.41) is 0. The van der Waals surface area contributed by atoms with Gasteiger partial charge in [0, 0.05) is 12.0 Å². The molecule has 0 atom stereocenters. The molecule has 0 bridgehead atoms. The molecule has 0 saturated carbocycles. The standard InChI is InChI=1S/C16H15FO3/c1-19-15-5-2-12(3-6-15)11-20-16-7-4-14(17)10-13(16)8-9-18/h2-7,9-10H,8,11H2,1H3. The summed E-state index contributed by atoms with van der Waals surface area (Å²) in [5.41, 5.74) is 1.51. The third kappa shape index (κ3) is 3.57. The molecule has 0 amide bonds. The highest BCUT2D eigenvalue weighted by Gasteiger charge is 2.05. The van der Waals surface area contributed by atoms with Crippen LogP contribution in [0.25, 0.3) is 0 Å². The van der Waals surface area contributed by atoms with Crippen molar-refractivity contribution in [3.63, 3.8) is 0 Å². The van der Waals surface area contributed by atoms with E-state index in [-0.39, 0.29) is 12.2 Å². The molecule has 0 aromatic heterocycles. The van der Waals surface area contributed by atoms with Crippen LogP contribution in [0.3, 0.4) is 0 Å². The molecule has 0 N–H and O–H groups in total. The molecule has 0 spiro atoms. The van der Waals surface area contributed by atoms with Crippen LogP contribution in [0.5, 0.6) is 11.5 Å². The first-order valence-electron chi connectivity index (χ1n) is 6.20. The number of hydrogen-bond acceptors (Lipinski definition) is 3. The van der Waals surface area contributed by atoms with Crippen molar-refractivity contribution < 1.29 is 18.7 Å². The van der Waals surface area contributed by atoms with E-state index in [1.54, 1.807) is 7.11 Å². The molecule has 0 fully saturated rings. The number of halogens is 1. The summed E-state index contributed by atoms with van der Waals surface area (Å²) in [5.74, 6) is 0.921. The Bertz CT molecular complexity index is 579. The van der Waals surface area contributed by atoms with Crippen molar-refractivity contribution in [2.24, 2.45) is 0 Å². The quantitative estimate of drug-likeness (QED) is 0.759. The van der Waals surface area contributed by atoms with Crippen LogP contribution in [0.4, 0.5) is 4.39 Å². The van der Waals surface area contributed by atoms with Gasteiger partial charge in [-0.05, 0) is 35.9 Å². The molecule has 0 saturated heterocycles. The summed E-state index contributed by atoms with van der Waals surface area (Å²) in [6.45, 7) is 0.349. The highest BCUT2D eigenvalue weighted by Crippen LogP contribution is 2.21. The second-order valence-electron chi connectivity index (χ2n) is 4.26. The Morgan fingerprint density at radius 3 is 2.55 bits per heavy atom. The SMILES string of the molecule is COc1ccc(COc2ccc(F)cc2CC=O)cc1. The number of benzene rings is 2. The van der Waals surface area contributed by atoms with Gasteiger partial charge in [0.05, 0.1) is 7.11 Å². The van der Waals surface area contributed by atoms with Crippen molar-refractivity contribution in [1.29, 1.82) is 0 Å². The fourth-order valence-corrected chi connectivity index (χ4v) is 1.82. The van der Waals surface area contributed by atoms with Crippen LogP contribution in [-0.4, -0.2) is 13.4 Å². The van der Waals surface area contributed by atoms with Crippen LogP contribution >= 0.6 is 0 Å². The number of rotatable bonds is 6. The Labute approximate surface area is 117 Å². The van der Waals surface area contributed by atoms with Gasteiger partial charge in [-0.2, -0.15) is 0 Å². The van der Waals surface area contributed by atoms with Gasteiger partial charge in [0.25, 0.3) is 0 Å². The first-order chi connectivity index (χ1) is 9.72. The molecule has 0 heterocycles. The highest BCUT2D eigenvalue weighted by molar-refractivity contribution is 5.57. The Kier molecular flexibility index (Phi) is 4.71. The van der Waals surface area contributed by atoms with Gasteiger partial charge < -0.3 is 14.3 Å². The van der Waals surface area contributed by atoms with Crippen LogP contribution in [0, 0.1) is 5.82 Å². The fraction of sp³-hybridized carbons (Fsp3) is 0.188. The predicted octanol–water partition coefficient (Wildman–Crippen LogP) is 3.15. The minimum absolute atomic E-state index is 0.135. The molecule has 3 nitrogen and oxygen atoms in total. The van der Waals surface area contributed by atoms with Gasteiger partial charge in [0.1, 0.15) is 30.2 Å². The Morgan fingerprint density at radius 1 is 1.15 bits per heavy atom. The minimum Gasteiger partial charge on any atom is -0.497 e. The smallest absolute Gasteiger partial charge is 0.124 e. The maximum atomic E-state index is 13.1. The van der Waals surface area contributed by atoms with E-state index in [0.29, 0.717) is 17.9 Å².